The number of carbonyl (C=O) groups is 1. The van der Waals surface area contributed by atoms with Crippen LogP contribution in [0, 0.1) is 23.3 Å². The average Bonchev–Trinajstić information content (AvgIpc) is 3.15. The largest absolute Gasteiger partial charge is 0.348 e. The molecular formula is C20H15F4N3O. The van der Waals surface area contributed by atoms with Crippen LogP contribution < -0.4 is 5.32 Å². The smallest absolute Gasteiger partial charge is 0.322 e. The molecule has 1 aromatic heterocycles. The molecule has 0 aliphatic carbocycles. The number of benzene rings is 2. The van der Waals surface area contributed by atoms with Crippen molar-refractivity contribution in [2.75, 3.05) is 11.9 Å². The quantitative estimate of drug-likeness (QED) is 0.635. The first-order valence-electron chi connectivity index (χ1n) is 8.57. The predicted molar refractivity (Wildman–Crippen MR) is 94.7 cm³/mol. The van der Waals surface area contributed by atoms with Gasteiger partial charge in [-0.25, -0.2) is 22.4 Å². The molecule has 144 valence electrons. The third kappa shape index (κ3) is 3.11. The Morgan fingerprint density at radius 1 is 0.893 bits per heavy atom. The van der Waals surface area contributed by atoms with Crippen LogP contribution in [-0.2, 0) is 6.54 Å². The van der Waals surface area contributed by atoms with Gasteiger partial charge in [-0.3, -0.25) is 0 Å². The van der Waals surface area contributed by atoms with Crippen LogP contribution in [0.3, 0.4) is 0 Å². The summed E-state index contributed by atoms with van der Waals surface area (Å²) in [6.45, 7) is 0.670. The first-order valence-corrected chi connectivity index (χ1v) is 8.57. The molecule has 2 amide bonds. The molecule has 0 fully saturated rings. The summed E-state index contributed by atoms with van der Waals surface area (Å²) in [7, 11) is 0. The number of aromatic nitrogens is 1. The lowest BCUT2D eigenvalue weighted by molar-refractivity contribution is 0.181. The zero-order valence-corrected chi connectivity index (χ0v) is 14.5. The number of nitrogens with zero attached hydrogens (tertiary/aromatic N) is 2. The van der Waals surface area contributed by atoms with Gasteiger partial charge >= 0.3 is 6.03 Å². The molecule has 0 radical (unpaired) electrons. The van der Waals surface area contributed by atoms with E-state index in [-0.39, 0.29) is 6.54 Å². The lowest BCUT2D eigenvalue weighted by Crippen LogP contribution is -2.44. The van der Waals surface area contributed by atoms with E-state index in [1.54, 1.807) is 12.1 Å². The first-order chi connectivity index (χ1) is 13.5. The minimum atomic E-state index is -1.04. The van der Waals surface area contributed by atoms with Crippen LogP contribution in [0.15, 0.2) is 54.7 Å². The molecule has 0 saturated carbocycles. The van der Waals surface area contributed by atoms with Gasteiger partial charge in [0.1, 0.15) is 17.3 Å². The van der Waals surface area contributed by atoms with Crippen molar-refractivity contribution in [3.05, 3.63) is 89.3 Å². The Hall–Kier alpha value is -3.29. The van der Waals surface area contributed by atoms with Crippen molar-refractivity contribution < 1.29 is 22.4 Å². The number of para-hydroxylation sites is 1. The van der Waals surface area contributed by atoms with Crippen molar-refractivity contribution in [3.63, 3.8) is 0 Å². The molecule has 2 heterocycles. The van der Waals surface area contributed by atoms with Gasteiger partial charge in [0.2, 0.25) is 0 Å². The number of hydrogen-bond donors (Lipinski definition) is 1. The van der Waals surface area contributed by atoms with E-state index in [9.17, 15) is 22.4 Å². The van der Waals surface area contributed by atoms with Crippen LogP contribution in [0.4, 0.5) is 28.0 Å². The van der Waals surface area contributed by atoms with Crippen LogP contribution in [-0.4, -0.2) is 22.0 Å². The molecule has 1 aliphatic rings. The van der Waals surface area contributed by atoms with Crippen LogP contribution in [0.5, 0.6) is 0 Å². The Morgan fingerprint density at radius 2 is 1.64 bits per heavy atom. The standard InChI is InChI=1S/C20H15F4N3O/c21-13-7-6-12(11-16(13)24)19-17-5-2-8-26(17)9-10-27(19)20(28)25-18-14(22)3-1-4-15(18)23/h1-8,11,19H,9-10H2,(H,25,28)/t19-/m0/s1. The molecule has 0 bridgehead atoms. The maximum Gasteiger partial charge on any atom is 0.322 e. The van der Waals surface area contributed by atoms with E-state index in [2.05, 4.69) is 5.32 Å². The van der Waals surface area contributed by atoms with Crippen molar-refractivity contribution in [2.24, 2.45) is 0 Å². The van der Waals surface area contributed by atoms with Gasteiger partial charge < -0.3 is 14.8 Å². The maximum absolute atomic E-state index is 13.9. The van der Waals surface area contributed by atoms with Gasteiger partial charge in [-0.05, 0) is 42.0 Å². The van der Waals surface area contributed by atoms with Gasteiger partial charge in [0.15, 0.2) is 11.6 Å². The Labute approximate surface area is 158 Å². The van der Waals surface area contributed by atoms with Gasteiger partial charge in [-0.2, -0.15) is 0 Å². The van der Waals surface area contributed by atoms with Crippen LogP contribution >= 0.6 is 0 Å². The third-order valence-electron chi connectivity index (χ3n) is 4.75. The van der Waals surface area contributed by atoms with Gasteiger partial charge in [-0.1, -0.05) is 12.1 Å². The molecule has 4 nitrogen and oxygen atoms in total. The minimum absolute atomic E-state index is 0.216. The highest BCUT2D eigenvalue weighted by Crippen LogP contribution is 2.34. The number of halogens is 4. The SMILES string of the molecule is O=C(Nc1c(F)cccc1F)N1CCn2cccc2[C@@H]1c1ccc(F)c(F)c1. The fraction of sp³-hybridized carbons (Fsp3) is 0.150. The lowest BCUT2D eigenvalue weighted by Gasteiger charge is -2.37. The van der Waals surface area contributed by atoms with E-state index in [1.807, 2.05) is 10.8 Å². The summed E-state index contributed by atoms with van der Waals surface area (Å²) in [4.78, 5) is 14.2. The topological polar surface area (TPSA) is 37.3 Å². The van der Waals surface area contributed by atoms with E-state index >= 15 is 0 Å². The van der Waals surface area contributed by atoms with Crippen molar-refractivity contribution in [1.82, 2.24) is 9.47 Å². The molecule has 4 rings (SSSR count). The zero-order valence-electron chi connectivity index (χ0n) is 14.5. The normalized spacial score (nSPS) is 16.0. The van der Waals surface area contributed by atoms with Crippen molar-refractivity contribution in [3.8, 4) is 0 Å². The van der Waals surface area contributed by atoms with E-state index in [4.69, 9.17) is 0 Å². The molecular weight excluding hydrogens is 374 g/mol. The Morgan fingerprint density at radius 3 is 2.36 bits per heavy atom. The fourth-order valence-corrected chi connectivity index (χ4v) is 3.43. The summed E-state index contributed by atoms with van der Waals surface area (Å²) in [5, 5.41) is 2.26. The number of carbonyl (C=O) groups excluding carboxylic acids is 1. The molecule has 0 saturated heterocycles. The summed E-state index contributed by atoms with van der Waals surface area (Å²) in [6.07, 6.45) is 1.81. The van der Waals surface area contributed by atoms with Crippen LogP contribution in [0.2, 0.25) is 0 Å². The average molecular weight is 389 g/mol. The van der Waals surface area contributed by atoms with Crippen LogP contribution in [0.1, 0.15) is 17.3 Å². The van der Waals surface area contributed by atoms with Crippen LogP contribution in [0.25, 0.3) is 0 Å². The molecule has 0 unspecified atom stereocenters. The second kappa shape index (κ2) is 7.03. The Kier molecular flexibility index (Phi) is 4.54. The highest BCUT2D eigenvalue weighted by atomic mass is 19.2. The highest BCUT2D eigenvalue weighted by molar-refractivity contribution is 5.90. The maximum atomic E-state index is 13.9. The molecule has 1 atom stereocenters. The molecule has 3 aromatic rings. The molecule has 1 aliphatic heterocycles. The number of urea groups is 1. The second-order valence-corrected chi connectivity index (χ2v) is 6.42. The number of anilines is 1. The summed E-state index contributed by atoms with van der Waals surface area (Å²) in [6, 6.07) is 8.70. The minimum Gasteiger partial charge on any atom is -0.348 e. The van der Waals surface area contributed by atoms with Gasteiger partial charge in [0.05, 0.1) is 6.04 Å². The number of amides is 2. The van der Waals surface area contributed by atoms with E-state index in [0.29, 0.717) is 17.8 Å². The summed E-state index contributed by atoms with van der Waals surface area (Å²) in [5.41, 5.74) is 0.474. The Bertz CT molecular complexity index is 1030. The van der Waals surface area contributed by atoms with E-state index in [0.717, 1.165) is 24.3 Å². The van der Waals surface area contributed by atoms with Crippen molar-refractivity contribution in [2.45, 2.75) is 12.6 Å². The Balaban J connectivity index is 1.72. The third-order valence-corrected chi connectivity index (χ3v) is 4.75. The van der Waals surface area contributed by atoms with E-state index in [1.165, 1.54) is 17.0 Å². The number of nitrogens with one attached hydrogen (secondary N) is 1. The monoisotopic (exact) mass is 389 g/mol. The summed E-state index contributed by atoms with van der Waals surface area (Å²) in [5.74, 6) is -3.85. The molecule has 8 heteroatoms. The number of hydrogen-bond acceptors (Lipinski definition) is 1. The first kappa shape index (κ1) is 18.1. The van der Waals surface area contributed by atoms with Gasteiger partial charge in [0.25, 0.3) is 0 Å². The molecule has 0 spiro atoms. The fourth-order valence-electron chi connectivity index (χ4n) is 3.43. The molecule has 28 heavy (non-hydrogen) atoms. The second-order valence-electron chi connectivity index (χ2n) is 6.42. The summed E-state index contributed by atoms with van der Waals surface area (Å²) >= 11 is 0. The predicted octanol–water partition coefficient (Wildman–Crippen LogP) is 4.68. The number of fused-ring (bicyclic) bond motifs is 1. The van der Waals surface area contributed by atoms with Crippen molar-refractivity contribution >= 4 is 11.7 Å². The molecule has 1 N–H and O–H groups in total. The molecule has 2 aromatic carbocycles. The van der Waals surface area contributed by atoms with Crippen molar-refractivity contribution in [1.29, 1.82) is 0 Å². The van der Waals surface area contributed by atoms with E-state index < -0.39 is 41.0 Å². The zero-order chi connectivity index (χ0) is 19.8. The highest BCUT2D eigenvalue weighted by Gasteiger charge is 2.33. The van der Waals surface area contributed by atoms with Gasteiger partial charge in [0, 0.05) is 25.0 Å². The van der Waals surface area contributed by atoms with Gasteiger partial charge in [-0.15, -0.1) is 0 Å². The lowest BCUT2D eigenvalue weighted by atomic mass is 10.00. The number of rotatable bonds is 2. The summed E-state index contributed by atoms with van der Waals surface area (Å²) < 4.78 is 56.9.